The molecule has 7 nitrogen and oxygen atoms in total. The summed E-state index contributed by atoms with van der Waals surface area (Å²) in [5.74, 6) is 1.06. The Morgan fingerprint density at radius 1 is 0.838 bits per heavy atom. The molecule has 0 spiro atoms. The number of hydrogen-bond donors (Lipinski definition) is 0. The van der Waals surface area contributed by atoms with Crippen molar-refractivity contribution in [2.45, 2.75) is 32.9 Å². The van der Waals surface area contributed by atoms with Gasteiger partial charge in [0.25, 0.3) is 0 Å². The number of carbonyl (C=O) groups excluding carboxylic acids is 2. The first-order valence-corrected chi connectivity index (χ1v) is 13.3. The van der Waals surface area contributed by atoms with E-state index in [2.05, 4.69) is 0 Å². The van der Waals surface area contributed by atoms with E-state index in [1.165, 1.54) is 0 Å². The van der Waals surface area contributed by atoms with Crippen molar-refractivity contribution in [1.29, 1.82) is 0 Å². The van der Waals surface area contributed by atoms with Gasteiger partial charge in [0.05, 0.1) is 33.9 Å². The van der Waals surface area contributed by atoms with E-state index in [-0.39, 0.29) is 25.0 Å². The van der Waals surface area contributed by atoms with Crippen LogP contribution in [0.5, 0.6) is 11.5 Å². The molecule has 37 heavy (non-hydrogen) atoms. The van der Waals surface area contributed by atoms with Crippen LogP contribution in [0.3, 0.4) is 0 Å². The third-order valence-electron chi connectivity index (χ3n) is 5.91. The van der Waals surface area contributed by atoms with Crippen LogP contribution in [-0.4, -0.2) is 62.1 Å². The molecule has 8 heteroatoms. The maximum absolute atomic E-state index is 13.5. The first-order chi connectivity index (χ1) is 18.0. The lowest BCUT2D eigenvalue weighted by Crippen LogP contribution is -2.44. The highest BCUT2D eigenvalue weighted by molar-refractivity contribution is 7.09. The Morgan fingerprint density at radius 2 is 1.62 bits per heavy atom. The van der Waals surface area contributed by atoms with Gasteiger partial charge in [0, 0.05) is 18.0 Å². The second kappa shape index (κ2) is 15.0. The molecule has 0 saturated carbocycles. The van der Waals surface area contributed by atoms with Gasteiger partial charge in [-0.05, 0) is 47.5 Å². The van der Waals surface area contributed by atoms with Gasteiger partial charge in [0.1, 0.15) is 6.61 Å². The topological polar surface area (TPSA) is 68.3 Å². The number of methoxy groups -OCH3 is 2. The molecule has 0 saturated heterocycles. The Bertz CT molecular complexity index is 1100. The molecule has 0 aliphatic carbocycles. The van der Waals surface area contributed by atoms with E-state index in [4.69, 9.17) is 14.2 Å². The summed E-state index contributed by atoms with van der Waals surface area (Å²) >= 11 is 1.61. The Labute approximate surface area is 223 Å². The van der Waals surface area contributed by atoms with Crippen LogP contribution in [0.4, 0.5) is 0 Å². The lowest BCUT2D eigenvalue weighted by atomic mass is 10.1. The van der Waals surface area contributed by atoms with Crippen LogP contribution in [0.15, 0.2) is 66.0 Å². The second-order valence-electron chi connectivity index (χ2n) is 8.63. The Balaban J connectivity index is 1.63. The summed E-state index contributed by atoms with van der Waals surface area (Å²) in [6, 6.07) is 19.5. The molecule has 0 fully saturated rings. The summed E-state index contributed by atoms with van der Waals surface area (Å²) in [7, 11) is 3.21. The molecule has 198 valence electrons. The van der Waals surface area contributed by atoms with Gasteiger partial charge in [-0.1, -0.05) is 49.4 Å². The fraction of sp³-hybridized carbons (Fsp3) is 0.379. The van der Waals surface area contributed by atoms with Crippen molar-refractivity contribution in [3.63, 3.8) is 0 Å². The van der Waals surface area contributed by atoms with E-state index >= 15 is 0 Å². The molecule has 0 unspecified atom stereocenters. The number of benzene rings is 2. The summed E-state index contributed by atoms with van der Waals surface area (Å²) in [6.45, 7) is 3.85. The second-order valence-corrected chi connectivity index (χ2v) is 9.66. The average molecular weight is 525 g/mol. The number of carbonyl (C=O) groups is 2. The minimum atomic E-state index is -0.179. The van der Waals surface area contributed by atoms with Gasteiger partial charge in [0.15, 0.2) is 11.5 Å². The fourth-order valence-electron chi connectivity index (χ4n) is 3.93. The monoisotopic (exact) mass is 524 g/mol. The van der Waals surface area contributed by atoms with Gasteiger partial charge in [-0.15, -0.1) is 11.3 Å². The first kappa shape index (κ1) is 28.2. The van der Waals surface area contributed by atoms with Gasteiger partial charge in [0.2, 0.25) is 11.8 Å². The van der Waals surface area contributed by atoms with E-state index < -0.39 is 0 Å². The average Bonchev–Trinajstić information content (AvgIpc) is 3.44. The zero-order valence-electron chi connectivity index (χ0n) is 21.9. The van der Waals surface area contributed by atoms with E-state index in [0.717, 1.165) is 22.4 Å². The number of nitrogens with zero attached hydrogens (tertiary/aromatic N) is 2. The largest absolute Gasteiger partial charge is 0.493 e. The molecule has 0 N–H and O–H groups in total. The Kier molecular flexibility index (Phi) is 11.5. The normalized spacial score (nSPS) is 10.7. The third-order valence-corrected chi connectivity index (χ3v) is 6.77. The van der Waals surface area contributed by atoms with E-state index in [1.807, 2.05) is 77.9 Å². The fourth-order valence-corrected chi connectivity index (χ4v) is 4.65. The molecular weight excluding hydrogens is 488 g/mol. The summed E-state index contributed by atoms with van der Waals surface area (Å²) in [4.78, 5) is 30.9. The lowest BCUT2D eigenvalue weighted by molar-refractivity contribution is -0.143. The van der Waals surface area contributed by atoms with Crippen LogP contribution in [-0.2, 0) is 33.9 Å². The Hall–Kier alpha value is -3.36. The van der Waals surface area contributed by atoms with Crippen LogP contribution in [0.2, 0.25) is 0 Å². The molecule has 3 aromatic rings. The van der Waals surface area contributed by atoms with Crippen LogP contribution in [0.25, 0.3) is 0 Å². The quantitative estimate of drug-likeness (QED) is 0.286. The van der Waals surface area contributed by atoms with Crippen molar-refractivity contribution >= 4 is 23.2 Å². The van der Waals surface area contributed by atoms with Crippen molar-refractivity contribution in [3.8, 4) is 11.5 Å². The molecule has 0 aliphatic heterocycles. The number of rotatable bonds is 15. The highest BCUT2D eigenvalue weighted by Gasteiger charge is 2.22. The number of hydrogen-bond acceptors (Lipinski definition) is 6. The minimum Gasteiger partial charge on any atom is -0.493 e. The predicted molar refractivity (Wildman–Crippen MR) is 146 cm³/mol. The summed E-state index contributed by atoms with van der Waals surface area (Å²) < 4.78 is 16.4. The number of ether oxygens (including phenoxy) is 3. The summed E-state index contributed by atoms with van der Waals surface area (Å²) in [5.41, 5.74) is 2.04. The number of thiophene rings is 1. The van der Waals surface area contributed by atoms with Crippen LogP contribution in [0, 0.1) is 0 Å². The Morgan fingerprint density at radius 3 is 2.30 bits per heavy atom. The molecule has 0 bridgehead atoms. The van der Waals surface area contributed by atoms with Crippen molar-refractivity contribution in [3.05, 3.63) is 82.0 Å². The van der Waals surface area contributed by atoms with Crippen molar-refractivity contribution in [2.75, 3.05) is 40.5 Å². The molecule has 0 atom stereocenters. The van der Waals surface area contributed by atoms with Gasteiger partial charge >= 0.3 is 0 Å². The van der Waals surface area contributed by atoms with Crippen molar-refractivity contribution in [2.24, 2.45) is 0 Å². The summed E-state index contributed by atoms with van der Waals surface area (Å²) in [5, 5.41) is 2.00. The standard InChI is InChI=1S/C29H36N2O5S/c1-4-15-30(29(33)22-36-21-24-9-6-5-7-10-24)20-28(32)31(19-25-11-8-17-37-25)16-14-23-12-13-26(34-2)27(18-23)35-3/h5-13,17-18H,4,14-16,19-22H2,1-3H3. The molecule has 1 aromatic heterocycles. The lowest BCUT2D eigenvalue weighted by Gasteiger charge is -2.27. The van der Waals surface area contributed by atoms with E-state index in [9.17, 15) is 9.59 Å². The smallest absolute Gasteiger partial charge is 0.249 e. The van der Waals surface area contributed by atoms with Crippen molar-refractivity contribution in [1.82, 2.24) is 9.80 Å². The molecule has 0 radical (unpaired) electrons. The van der Waals surface area contributed by atoms with E-state index in [1.54, 1.807) is 30.5 Å². The van der Waals surface area contributed by atoms with Crippen LogP contribution in [0.1, 0.15) is 29.3 Å². The van der Waals surface area contributed by atoms with E-state index in [0.29, 0.717) is 44.2 Å². The SMILES string of the molecule is CCCN(CC(=O)N(CCc1ccc(OC)c(OC)c1)Cc1cccs1)C(=O)COCc1ccccc1. The predicted octanol–water partition coefficient (Wildman–Crippen LogP) is 4.79. The van der Waals surface area contributed by atoms with Gasteiger partial charge < -0.3 is 24.0 Å². The number of amides is 2. The molecule has 1 heterocycles. The molecule has 2 amide bonds. The van der Waals surface area contributed by atoms with Crippen molar-refractivity contribution < 1.29 is 23.8 Å². The molecule has 0 aliphatic rings. The third kappa shape index (κ3) is 8.91. The summed E-state index contributed by atoms with van der Waals surface area (Å²) in [6.07, 6.45) is 1.41. The molecule has 3 rings (SSSR count). The van der Waals surface area contributed by atoms with Crippen LogP contribution >= 0.6 is 11.3 Å². The minimum absolute atomic E-state index is 0.0265. The van der Waals surface area contributed by atoms with Gasteiger partial charge in [-0.25, -0.2) is 0 Å². The van der Waals surface area contributed by atoms with Crippen LogP contribution < -0.4 is 9.47 Å². The molecule has 2 aromatic carbocycles. The van der Waals surface area contributed by atoms with Gasteiger partial charge in [-0.2, -0.15) is 0 Å². The highest BCUT2D eigenvalue weighted by atomic mass is 32.1. The van der Waals surface area contributed by atoms with Gasteiger partial charge in [-0.3, -0.25) is 9.59 Å². The highest BCUT2D eigenvalue weighted by Crippen LogP contribution is 2.28. The molecular formula is C29H36N2O5S. The zero-order chi connectivity index (χ0) is 26.5. The zero-order valence-corrected chi connectivity index (χ0v) is 22.7. The maximum Gasteiger partial charge on any atom is 0.249 e. The first-order valence-electron chi connectivity index (χ1n) is 12.4. The maximum atomic E-state index is 13.5.